The van der Waals surface area contributed by atoms with E-state index in [1.165, 1.54) is 11.0 Å². The normalized spacial score (nSPS) is 30.2. The maximum Gasteiger partial charge on any atom is 0.255 e. The van der Waals surface area contributed by atoms with Gasteiger partial charge >= 0.3 is 0 Å². The number of ether oxygens (including phenoxy) is 1. The van der Waals surface area contributed by atoms with E-state index >= 15 is 0 Å². The Bertz CT molecular complexity index is 1450. The largest absolute Gasteiger partial charge is 0.508 e. The Morgan fingerprint density at radius 3 is 2.33 bits per heavy atom. The first-order chi connectivity index (χ1) is 18.4. The molecule has 6 atom stereocenters. The molecule has 10 nitrogen and oxygen atoms in total. The highest BCUT2D eigenvalue weighted by Gasteiger charge is 2.68. The number of rotatable bonds is 5. The topological polar surface area (TPSA) is 171 Å². The van der Waals surface area contributed by atoms with Crippen molar-refractivity contribution in [3.05, 3.63) is 82.1 Å². The fourth-order valence-corrected chi connectivity index (χ4v) is 6.52. The van der Waals surface area contributed by atoms with E-state index in [9.17, 15) is 34.8 Å². The van der Waals surface area contributed by atoms with Gasteiger partial charge in [-0.3, -0.25) is 19.3 Å². The van der Waals surface area contributed by atoms with Crippen LogP contribution in [0.25, 0.3) is 5.76 Å². The van der Waals surface area contributed by atoms with Gasteiger partial charge in [0.25, 0.3) is 5.91 Å². The van der Waals surface area contributed by atoms with Crippen molar-refractivity contribution in [2.75, 3.05) is 14.1 Å². The predicted octanol–water partition coefficient (Wildman–Crippen LogP) is 1.72. The van der Waals surface area contributed by atoms with E-state index in [-0.39, 0.29) is 23.5 Å². The van der Waals surface area contributed by atoms with E-state index in [4.69, 9.17) is 10.5 Å². The van der Waals surface area contributed by atoms with Gasteiger partial charge in [0.1, 0.15) is 22.8 Å². The van der Waals surface area contributed by atoms with Gasteiger partial charge in [0.2, 0.25) is 5.78 Å². The van der Waals surface area contributed by atoms with Crippen LogP contribution in [0.3, 0.4) is 0 Å². The molecular weight excluding hydrogens is 504 g/mol. The van der Waals surface area contributed by atoms with Crippen LogP contribution in [0, 0.1) is 11.8 Å². The van der Waals surface area contributed by atoms with E-state index in [0.717, 1.165) is 5.56 Å². The zero-order valence-corrected chi connectivity index (χ0v) is 21.7. The Morgan fingerprint density at radius 2 is 1.72 bits per heavy atom. The number of phenols is 1. The Labute approximate surface area is 224 Å². The molecule has 0 bridgehead atoms. The Hall–Kier alpha value is -3.99. The molecule has 39 heavy (non-hydrogen) atoms. The summed E-state index contributed by atoms with van der Waals surface area (Å²) in [4.78, 5) is 41.5. The van der Waals surface area contributed by atoms with Crippen LogP contribution >= 0.6 is 0 Å². The van der Waals surface area contributed by atoms with E-state index < -0.39 is 70.1 Å². The summed E-state index contributed by atoms with van der Waals surface area (Å²) < 4.78 is 6.41. The molecule has 6 N–H and O–H groups in total. The molecule has 0 aromatic heterocycles. The number of nitrogens with zero attached hydrogens (tertiary/aromatic N) is 1. The quantitative estimate of drug-likeness (QED) is 0.358. The summed E-state index contributed by atoms with van der Waals surface area (Å²) >= 11 is 0. The lowest BCUT2D eigenvalue weighted by Gasteiger charge is -2.55. The first-order valence-electron chi connectivity index (χ1n) is 12.5. The molecule has 3 aliphatic rings. The van der Waals surface area contributed by atoms with Crippen LogP contribution in [0.4, 0.5) is 0 Å². The first kappa shape index (κ1) is 26.6. The standard InChI is InChI=1S/C29H30N2O8/c1-13-15-10-7-11-16(32)18(15)23(33)19-17(13)25(39-12-14-8-5-4-6-9-14)21-22(31(2)3)24(34)20(28(30)37)27(36)29(21,38)26(19)35/h4-11,13,17,21-22,25,32-33,36,38H,12H2,1-3H3,(H2,30,37). The van der Waals surface area contributed by atoms with Crippen molar-refractivity contribution in [3.63, 3.8) is 0 Å². The number of ketones is 2. The highest BCUT2D eigenvalue weighted by Crippen LogP contribution is 2.57. The maximum atomic E-state index is 14.2. The van der Waals surface area contributed by atoms with Gasteiger partial charge in [-0.15, -0.1) is 0 Å². The predicted molar refractivity (Wildman–Crippen MR) is 139 cm³/mol. The van der Waals surface area contributed by atoms with Crippen molar-refractivity contribution in [2.45, 2.75) is 37.2 Å². The van der Waals surface area contributed by atoms with Gasteiger partial charge < -0.3 is 30.9 Å². The molecule has 3 aliphatic carbocycles. The van der Waals surface area contributed by atoms with Crippen molar-refractivity contribution in [1.82, 2.24) is 4.90 Å². The summed E-state index contributed by atoms with van der Waals surface area (Å²) in [5, 5.41) is 45.2. The number of hydrogen-bond acceptors (Lipinski definition) is 9. The SMILES string of the molecule is CC1c2cccc(O)c2C(O)=C2C(=O)C3(O)C(O)=C(C(N)=O)C(=O)C(N(C)C)C3C(OCc3ccccc3)C21. The summed E-state index contributed by atoms with van der Waals surface area (Å²) in [5.41, 5.74) is 2.81. The molecule has 2 aromatic carbocycles. The molecule has 0 radical (unpaired) electrons. The van der Waals surface area contributed by atoms with Crippen molar-refractivity contribution in [1.29, 1.82) is 0 Å². The number of Topliss-reactive ketones (excluding diaryl/α,β-unsaturated/α-hetero) is 2. The second kappa shape index (κ2) is 9.33. The zero-order valence-electron chi connectivity index (χ0n) is 21.7. The molecule has 0 saturated heterocycles. The van der Waals surface area contributed by atoms with Gasteiger partial charge in [-0.2, -0.15) is 0 Å². The Balaban J connectivity index is 1.80. The number of primary amides is 1. The summed E-state index contributed by atoms with van der Waals surface area (Å²) in [6.45, 7) is 1.82. The van der Waals surface area contributed by atoms with Crippen LogP contribution in [0.5, 0.6) is 5.75 Å². The Morgan fingerprint density at radius 1 is 1.05 bits per heavy atom. The second-order valence-corrected chi connectivity index (χ2v) is 10.6. The van der Waals surface area contributed by atoms with E-state index in [0.29, 0.717) is 5.56 Å². The average Bonchev–Trinajstić information content (AvgIpc) is 2.88. The molecule has 2 aromatic rings. The smallest absolute Gasteiger partial charge is 0.255 e. The van der Waals surface area contributed by atoms with Crippen molar-refractivity contribution in [2.24, 2.45) is 17.6 Å². The number of nitrogens with two attached hydrogens (primary N) is 1. The molecule has 0 aliphatic heterocycles. The lowest BCUT2D eigenvalue weighted by atomic mass is 9.54. The summed E-state index contributed by atoms with van der Waals surface area (Å²) in [5.74, 6) is -8.01. The van der Waals surface area contributed by atoms with Gasteiger partial charge in [-0.05, 0) is 37.2 Å². The van der Waals surface area contributed by atoms with E-state index in [2.05, 4.69) is 0 Å². The molecule has 5 rings (SSSR count). The van der Waals surface area contributed by atoms with Crippen LogP contribution < -0.4 is 5.73 Å². The number of benzene rings is 2. The third kappa shape index (κ3) is 3.70. The molecule has 1 saturated carbocycles. The number of aliphatic hydroxyl groups is 3. The summed E-state index contributed by atoms with van der Waals surface area (Å²) in [7, 11) is 3.09. The summed E-state index contributed by atoms with van der Waals surface area (Å²) in [6.07, 6.45) is -1.11. The lowest BCUT2D eigenvalue weighted by Crippen LogP contribution is -2.70. The molecule has 0 spiro atoms. The minimum Gasteiger partial charge on any atom is -0.508 e. The number of aromatic hydroxyl groups is 1. The molecule has 1 amide bonds. The van der Waals surface area contributed by atoms with Crippen LogP contribution in [0.1, 0.15) is 29.5 Å². The molecular formula is C29H30N2O8. The van der Waals surface area contributed by atoms with E-state index in [1.54, 1.807) is 33.2 Å². The number of carbonyl (C=O) groups is 3. The number of fused-ring (bicyclic) bond motifs is 3. The van der Waals surface area contributed by atoms with Gasteiger partial charge in [-0.1, -0.05) is 49.4 Å². The summed E-state index contributed by atoms with van der Waals surface area (Å²) in [6, 6.07) is 12.5. The zero-order chi connectivity index (χ0) is 28.4. The van der Waals surface area contributed by atoms with Crippen molar-refractivity contribution in [3.8, 4) is 5.75 Å². The number of hydrogen-bond donors (Lipinski definition) is 5. The fourth-order valence-electron chi connectivity index (χ4n) is 6.52. The number of amides is 1. The minimum atomic E-state index is -2.82. The third-order valence-electron chi connectivity index (χ3n) is 8.25. The van der Waals surface area contributed by atoms with Crippen LogP contribution in [0.15, 0.2) is 65.4 Å². The van der Waals surface area contributed by atoms with Gasteiger partial charge in [0, 0.05) is 11.5 Å². The van der Waals surface area contributed by atoms with Gasteiger partial charge in [0.05, 0.1) is 30.2 Å². The van der Waals surface area contributed by atoms with Crippen LogP contribution in [0.2, 0.25) is 0 Å². The second-order valence-electron chi connectivity index (χ2n) is 10.6. The number of phenolic OH excluding ortho intramolecular Hbond substituents is 1. The molecule has 10 heteroatoms. The average molecular weight is 535 g/mol. The monoisotopic (exact) mass is 534 g/mol. The third-order valence-corrected chi connectivity index (χ3v) is 8.25. The first-order valence-corrected chi connectivity index (χ1v) is 12.5. The molecule has 1 fully saturated rings. The highest BCUT2D eigenvalue weighted by molar-refractivity contribution is 6.24. The van der Waals surface area contributed by atoms with E-state index in [1.807, 2.05) is 30.3 Å². The van der Waals surface area contributed by atoms with Crippen molar-refractivity contribution < 1.29 is 39.5 Å². The number of aliphatic hydroxyl groups excluding tert-OH is 2. The van der Waals surface area contributed by atoms with Gasteiger partial charge in [0.15, 0.2) is 11.4 Å². The van der Waals surface area contributed by atoms with Crippen LogP contribution in [-0.4, -0.2) is 74.6 Å². The number of carbonyl (C=O) groups excluding carboxylic acids is 3. The van der Waals surface area contributed by atoms with Crippen molar-refractivity contribution >= 4 is 23.2 Å². The lowest BCUT2D eigenvalue weighted by molar-refractivity contribution is -0.178. The van der Waals surface area contributed by atoms with Crippen LogP contribution in [-0.2, 0) is 25.7 Å². The van der Waals surface area contributed by atoms with Gasteiger partial charge in [-0.25, -0.2) is 0 Å². The Kier molecular flexibility index (Phi) is 6.37. The maximum absolute atomic E-state index is 14.2. The molecule has 0 heterocycles. The molecule has 204 valence electrons. The minimum absolute atomic E-state index is 0.0257. The number of likely N-dealkylation sites (N-methyl/N-ethyl adjacent to an activating group) is 1. The molecule has 6 unspecified atom stereocenters. The fraction of sp³-hybridized carbons (Fsp3) is 0.345. The highest BCUT2D eigenvalue weighted by atomic mass is 16.5.